The molecule has 0 bridgehead atoms. The molecule has 33 heavy (non-hydrogen) atoms. The monoisotopic (exact) mass is 449 g/mol. The molecule has 8 nitrogen and oxygen atoms in total. The SMILES string of the molecule is CCNC(=NCC(c1cccc(OC)c1)N1CCCC1)NCCCc1nnc2ccccn12. The Morgan fingerprint density at radius 1 is 1.12 bits per heavy atom. The molecule has 2 N–H and O–H groups in total. The summed E-state index contributed by atoms with van der Waals surface area (Å²) in [5.74, 6) is 2.74. The number of likely N-dealkylation sites (tertiary alicyclic amines) is 1. The lowest BCUT2D eigenvalue weighted by atomic mass is 10.1. The van der Waals surface area contributed by atoms with Crippen molar-refractivity contribution in [3.05, 3.63) is 60.0 Å². The number of nitrogens with one attached hydrogen (secondary N) is 2. The maximum absolute atomic E-state index is 5.46. The van der Waals surface area contributed by atoms with Gasteiger partial charge in [0.25, 0.3) is 0 Å². The molecule has 1 fully saturated rings. The van der Waals surface area contributed by atoms with Gasteiger partial charge in [0.15, 0.2) is 11.6 Å². The molecular formula is C25H35N7O. The predicted molar refractivity (Wildman–Crippen MR) is 132 cm³/mol. The number of guanidine groups is 1. The highest BCUT2D eigenvalue weighted by molar-refractivity contribution is 5.79. The first kappa shape index (κ1) is 23.0. The fourth-order valence-electron chi connectivity index (χ4n) is 4.37. The quantitative estimate of drug-likeness (QED) is 0.281. The summed E-state index contributed by atoms with van der Waals surface area (Å²) in [5.41, 5.74) is 2.15. The van der Waals surface area contributed by atoms with Gasteiger partial charge < -0.3 is 15.4 Å². The Kier molecular flexibility index (Phi) is 8.14. The van der Waals surface area contributed by atoms with E-state index >= 15 is 0 Å². The number of pyridine rings is 1. The normalized spacial score (nSPS) is 15.6. The lowest BCUT2D eigenvalue weighted by molar-refractivity contribution is 0.251. The van der Waals surface area contributed by atoms with E-state index in [2.05, 4.69) is 50.9 Å². The van der Waals surface area contributed by atoms with Crippen LogP contribution in [-0.4, -0.2) is 65.3 Å². The first-order valence-corrected chi connectivity index (χ1v) is 12.0. The van der Waals surface area contributed by atoms with Crippen LogP contribution in [-0.2, 0) is 6.42 Å². The van der Waals surface area contributed by atoms with Gasteiger partial charge in [-0.3, -0.25) is 14.3 Å². The number of benzene rings is 1. The van der Waals surface area contributed by atoms with E-state index in [1.54, 1.807) is 7.11 Å². The summed E-state index contributed by atoms with van der Waals surface area (Å²) in [4.78, 5) is 7.49. The standard InChI is InChI=1S/C25H35N7O/c1-3-26-25(27-14-9-13-24-30-29-23-12-4-5-17-32(23)24)28-19-22(31-15-6-7-16-31)20-10-8-11-21(18-20)33-2/h4-5,8,10-12,17-18,22H,3,6-7,9,13-16,19H2,1-2H3,(H2,26,27,28). The molecule has 1 aromatic carbocycles. The van der Waals surface area contributed by atoms with Gasteiger partial charge in [0.2, 0.25) is 0 Å². The summed E-state index contributed by atoms with van der Waals surface area (Å²) >= 11 is 0. The second-order valence-electron chi connectivity index (χ2n) is 8.33. The lowest BCUT2D eigenvalue weighted by Gasteiger charge is -2.27. The summed E-state index contributed by atoms with van der Waals surface area (Å²) in [7, 11) is 1.72. The van der Waals surface area contributed by atoms with E-state index in [1.165, 1.54) is 18.4 Å². The van der Waals surface area contributed by atoms with E-state index in [0.29, 0.717) is 6.54 Å². The smallest absolute Gasteiger partial charge is 0.191 e. The Labute approximate surface area is 196 Å². The molecule has 1 unspecified atom stereocenters. The lowest BCUT2D eigenvalue weighted by Crippen LogP contribution is -2.39. The van der Waals surface area contributed by atoms with Gasteiger partial charge in [-0.05, 0) is 69.1 Å². The number of methoxy groups -OCH3 is 1. The summed E-state index contributed by atoms with van der Waals surface area (Å²) in [6.45, 7) is 6.69. The van der Waals surface area contributed by atoms with Crippen molar-refractivity contribution in [2.75, 3.05) is 39.8 Å². The zero-order chi connectivity index (χ0) is 22.9. The molecule has 0 radical (unpaired) electrons. The molecule has 1 atom stereocenters. The molecular weight excluding hydrogens is 414 g/mol. The van der Waals surface area contributed by atoms with Crippen molar-refractivity contribution in [2.24, 2.45) is 4.99 Å². The highest BCUT2D eigenvalue weighted by Crippen LogP contribution is 2.27. The van der Waals surface area contributed by atoms with Crippen LogP contribution in [0.2, 0.25) is 0 Å². The van der Waals surface area contributed by atoms with Crippen LogP contribution in [0.5, 0.6) is 5.75 Å². The Bertz CT molecular complexity index is 1040. The molecule has 0 amide bonds. The number of fused-ring (bicyclic) bond motifs is 1. The van der Waals surface area contributed by atoms with Crippen molar-refractivity contribution < 1.29 is 4.74 Å². The van der Waals surface area contributed by atoms with Crippen molar-refractivity contribution in [2.45, 2.75) is 38.6 Å². The van der Waals surface area contributed by atoms with Crippen LogP contribution in [0.15, 0.2) is 53.7 Å². The fraction of sp³-hybridized carbons (Fsp3) is 0.480. The molecule has 3 aromatic rings. The van der Waals surface area contributed by atoms with E-state index in [0.717, 1.165) is 62.2 Å². The van der Waals surface area contributed by atoms with E-state index < -0.39 is 0 Å². The zero-order valence-electron chi connectivity index (χ0n) is 19.7. The van der Waals surface area contributed by atoms with Crippen molar-refractivity contribution in [1.82, 2.24) is 30.1 Å². The van der Waals surface area contributed by atoms with Crippen molar-refractivity contribution >= 4 is 11.6 Å². The van der Waals surface area contributed by atoms with Crippen molar-refractivity contribution in [1.29, 1.82) is 0 Å². The Balaban J connectivity index is 1.37. The average molecular weight is 450 g/mol. The Hall–Kier alpha value is -3.13. The number of hydrogen-bond acceptors (Lipinski definition) is 5. The van der Waals surface area contributed by atoms with Gasteiger partial charge in [0.05, 0.1) is 19.7 Å². The maximum atomic E-state index is 5.46. The minimum absolute atomic E-state index is 0.250. The molecule has 0 saturated carbocycles. The molecule has 3 heterocycles. The number of aliphatic imine (C=N–C) groups is 1. The van der Waals surface area contributed by atoms with E-state index in [9.17, 15) is 0 Å². The highest BCUT2D eigenvalue weighted by Gasteiger charge is 2.23. The number of ether oxygens (including phenoxy) is 1. The topological polar surface area (TPSA) is 79.1 Å². The number of aromatic nitrogens is 3. The van der Waals surface area contributed by atoms with Gasteiger partial charge in [-0.15, -0.1) is 10.2 Å². The van der Waals surface area contributed by atoms with Gasteiger partial charge in [-0.25, -0.2) is 0 Å². The zero-order valence-corrected chi connectivity index (χ0v) is 19.7. The average Bonchev–Trinajstić information content (AvgIpc) is 3.52. The van der Waals surface area contributed by atoms with Gasteiger partial charge >= 0.3 is 0 Å². The van der Waals surface area contributed by atoms with E-state index in [4.69, 9.17) is 9.73 Å². The molecule has 8 heteroatoms. The minimum Gasteiger partial charge on any atom is -0.497 e. The van der Waals surface area contributed by atoms with E-state index in [1.807, 2.05) is 34.9 Å². The molecule has 0 aliphatic carbocycles. The number of nitrogens with zero attached hydrogens (tertiary/aromatic N) is 5. The summed E-state index contributed by atoms with van der Waals surface area (Å²) in [6, 6.07) is 14.6. The fourth-order valence-corrected chi connectivity index (χ4v) is 4.37. The molecule has 4 rings (SSSR count). The van der Waals surface area contributed by atoms with Crippen molar-refractivity contribution in [3.8, 4) is 5.75 Å². The van der Waals surface area contributed by atoms with Crippen LogP contribution in [0.1, 0.15) is 43.6 Å². The van der Waals surface area contributed by atoms with Gasteiger partial charge in [0, 0.05) is 25.7 Å². The second kappa shape index (κ2) is 11.7. The maximum Gasteiger partial charge on any atom is 0.191 e. The summed E-state index contributed by atoms with van der Waals surface area (Å²) in [5, 5.41) is 15.4. The molecule has 1 saturated heterocycles. The Morgan fingerprint density at radius 3 is 2.82 bits per heavy atom. The highest BCUT2D eigenvalue weighted by atomic mass is 16.5. The van der Waals surface area contributed by atoms with Gasteiger partial charge in [0.1, 0.15) is 11.6 Å². The summed E-state index contributed by atoms with van der Waals surface area (Å²) in [6.07, 6.45) is 6.32. The van der Waals surface area contributed by atoms with E-state index in [-0.39, 0.29) is 6.04 Å². The van der Waals surface area contributed by atoms with Crippen LogP contribution in [0.3, 0.4) is 0 Å². The number of hydrogen-bond donors (Lipinski definition) is 2. The second-order valence-corrected chi connectivity index (χ2v) is 8.33. The number of aryl methyl sites for hydroxylation is 1. The van der Waals surface area contributed by atoms with Gasteiger partial charge in [-0.1, -0.05) is 18.2 Å². The Morgan fingerprint density at radius 2 is 2.00 bits per heavy atom. The molecule has 1 aliphatic heterocycles. The predicted octanol–water partition coefficient (Wildman–Crippen LogP) is 3.06. The first-order valence-electron chi connectivity index (χ1n) is 12.0. The third kappa shape index (κ3) is 6.01. The molecule has 176 valence electrons. The molecule has 0 spiro atoms. The van der Waals surface area contributed by atoms with Crippen LogP contribution in [0, 0.1) is 0 Å². The summed E-state index contributed by atoms with van der Waals surface area (Å²) < 4.78 is 7.51. The van der Waals surface area contributed by atoms with Crippen LogP contribution >= 0.6 is 0 Å². The van der Waals surface area contributed by atoms with Crippen LogP contribution < -0.4 is 15.4 Å². The third-order valence-corrected chi connectivity index (χ3v) is 6.08. The first-order chi connectivity index (χ1) is 16.3. The number of rotatable bonds is 10. The molecule has 2 aromatic heterocycles. The van der Waals surface area contributed by atoms with Crippen LogP contribution in [0.25, 0.3) is 5.65 Å². The van der Waals surface area contributed by atoms with Gasteiger partial charge in [-0.2, -0.15) is 0 Å². The third-order valence-electron chi connectivity index (χ3n) is 6.08. The molecule has 1 aliphatic rings. The largest absolute Gasteiger partial charge is 0.497 e. The minimum atomic E-state index is 0.250. The van der Waals surface area contributed by atoms with Crippen LogP contribution in [0.4, 0.5) is 0 Å². The van der Waals surface area contributed by atoms with Crippen molar-refractivity contribution in [3.63, 3.8) is 0 Å².